The van der Waals surface area contributed by atoms with E-state index in [1.54, 1.807) is 54.3 Å². The topological polar surface area (TPSA) is 104 Å². The first-order valence-corrected chi connectivity index (χ1v) is 10.7. The van der Waals surface area contributed by atoms with Crippen molar-refractivity contribution in [3.63, 3.8) is 0 Å². The summed E-state index contributed by atoms with van der Waals surface area (Å²) in [5.74, 6) is 0.401. The molecule has 0 unspecified atom stereocenters. The summed E-state index contributed by atoms with van der Waals surface area (Å²) in [6, 6.07) is 11.5. The minimum absolute atomic E-state index is 0.0409. The van der Waals surface area contributed by atoms with Crippen molar-refractivity contribution >= 4 is 34.0 Å². The van der Waals surface area contributed by atoms with E-state index in [4.69, 9.17) is 14.2 Å². The quantitative estimate of drug-likeness (QED) is 0.213. The fraction of sp³-hybridized carbons (Fsp3) is 0.217. The van der Waals surface area contributed by atoms with Crippen molar-refractivity contribution in [2.75, 3.05) is 14.2 Å². The molecule has 0 bridgehead atoms. The second kappa shape index (κ2) is 10.8. The minimum atomic E-state index is -0.527. The minimum Gasteiger partial charge on any atom is -0.497 e. The highest BCUT2D eigenvalue weighted by molar-refractivity contribution is 9.10. The molecule has 9 nitrogen and oxygen atoms in total. The van der Waals surface area contributed by atoms with Gasteiger partial charge >= 0.3 is 5.97 Å². The number of ether oxygens (including phenoxy) is 3. The Bertz CT molecular complexity index is 1190. The Morgan fingerprint density at radius 1 is 1.09 bits per heavy atom. The molecule has 0 aliphatic heterocycles. The van der Waals surface area contributed by atoms with Crippen LogP contribution in [0.2, 0.25) is 0 Å². The number of rotatable bonds is 8. The lowest BCUT2D eigenvalue weighted by atomic mass is 10.2. The predicted octanol–water partition coefficient (Wildman–Crippen LogP) is 3.65. The Morgan fingerprint density at radius 2 is 1.82 bits per heavy atom. The second-order valence-electron chi connectivity index (χ2n) is 6.96. The summed E-state index contributed by atoms with van der Waals surface area (Å²) in [4.78, 5) is 24.6. The van der Waals surface area contributed by atoms with E-state index >= 15 is 0 Å². The molecule has 3 aromatic rings. The van der Waals surface area contributed by atoms with Gasteiger partial charge in [-0.2, -0.15) is 10.2 Å². The Kier molecular flexibility index (Phi) is 7.83. The number of aryl methyl sites for hydroxylation is 1. The van der Waals surface area contributed by atoms with E-state index in [0.29, 0.717) is 22.6 Å². The average molecular weight is 515 g/mol. The summed E-state index contributed by atoms with van der Waals surface area (Å²) in [5.41, 5.74) is 5.15. The molecule has 2 aromatic carbocycles. The monoisotopic (exact) mass is 514 g/mol. The molecule has 172 valence electrons. The molecule has 0 aliphatic carbocycles. The zero-order chi connectivity index (χ0) is 24.0. The number of hydrogen-bond donors (Lipinski definition) is 1. The normalized spacial score (nSPS) is 10.8. The summed E-state index contributed by atoms with van der Waals surface area (Å²) in [7, 11) is 3.02. The van der Waals surface area contributed by atoms with Crippen molar-refractivity contribution in [3.8, 4) is 17.2 Å². The van der Waals surface area contributed by atoms with Crippen LogP contribution in [-0.2, 0) is 11.3 Å². The van der Waals surface area contributed by atoms with Gasteiger partial charge in [-0.25, -0.2) is 10.2 Å². The van der Waals surface area contributed by atoms with E-state index in [9.17, 15) is 9.59 Å². The number of nitrogens with zero attached hydrogens (tertiary/aromatic N) is 3. The third-order valence-electron chi connectivity index (χ3n) is 4.71. The van der Waals surface area contributed by atoms with Gasteiger partial charge in [0.15, 0.2) is 11.5 Å². The number of hydrogen-bond acceptors (Lipinski definition) is 7. The maximum atomic E-state index is 12.4. The van der Waals surface area contributed by atoms with Gasteiger partial charge in [-0.3, -0.25) is 9.48 Å². The van der Waals surface area contributed by atoms with E-state index in [1.807, 2.05) is 13.8 Å². The van der Waals surface area contributed by atoms with E-state index in [1.165, 1.54) is 13.3 Å². The molecule has 1 amide bonds. The maximum absolute atomic E-state index is 12.4. The number of amides is 1. The van der Waals surface area contributed by atoms with Crippen LogP contribution in [0.1, 0.15) is 27.3 Å². The molecule has 1 N–H and O–H groups in total. The average Bonchev–Trinajstić information content (AvgIpc) is 3.06. The lowest BCUT2D eigenvalue weighted by Gasteiger charge is -2.10. The van der Waals surface area contributed by atoms with Crippen LogP contribution in [0, 0.1) is 13.8 Å². The smallest absolute Gasteiger partial charge is 0.343 e. The van der Waals surface area contributed by atoms with E-state index in [-0.39, 0.29) is 18.2 Å². The molecule has 1 aromatic heterocycles. The molecular formula is C23H23BrN4O5. The van der Waals surface area contributed by atoms with Crippen molar-refractivity contribution in [1.29, 1.82) is 0 Å². The molecule has 10 heteroatoms. The molecule has 1 heterocycles. The highest BCUT2D eigenvalue weighted by Gasteiger charge is 2.14. The summed E-state index contributed by atoms with van der Waals surface area (Å²) >= 11 is 3.43. The Morgan fingerprint density at radius 3 is 2.42 bits per heavy atom. The highest BCUT2D eigenvalue weighted by Crippen LogP contribution is 2.28. The molecule has 0 radical (unpaired) electrons. The number of carbonyl (C=O) groups is 2. The molecule has 0 saturated carbocycles. The SMILES string of the molecule is COc1ccc(C(=O)Oc2ccc(/C=N/NC(=O)Cn3nc(C)c(Br)c3C)cc2OC)cc1. The first kappa shape index (κ1) is 24.0. The lowest BCUT2D eigenvalue weighted by Crippen LogP contribution is -2.24. The second-order valence-corrected chi connectivity index (χ2v) is 7.76. The molecular weight excluding hydrogens is 492 g/mol. The summed E-state index contributed by atoms with van der Waals surface area (Å²) in [5, 5.41) is 8.27. The van der Waals surface area contributed by atoms with Gasteiger partial charge in [-0.05, 0) is 77.8 Å². The number of benzene rings is 2. The van der Waals surface area contributed by atoms with Crippen LogP contribution in [-0.4, -0.2) is 42.1 Å². The van der Waals surface area contributed by atoms with Crippen LogP contribution >= 0.6 is 15.9 Å². The van der Waals surface area contributed by atoms with Crippen LogP contribution < -0.4 is 19.6 Å². The number of methoxy groups -OCH3 is 2. The highest BCUT2D eigenvalue weighted by atomic mass is 79.9. The van der Waals surface area contributed by atoms with Gasteiger partial charge in [0.1, 0.15) is 12.3 Å². The number of hydrazone groups is 1. The van der Waals surface area contributed by atoms with Crippen molar-refractivity contribution in [1.82, 2.24) is 15.2 Å². The molecule has 33 heavy (non-hydrogen) atoms. The molecule has 0 saturated heterocycles. The Balaban J connectivity index is 1.62. The number of carbonyl (C=O) groups excluding carboxylic acids is 2. The van der Waals surface area contributed by atoms with Crippen LogP contribution in [0.25, 0.3) is 0 Å². The van der Waals surface area contributed by atoms with E-state index in [0.717, 1.165) is 15.9 Å². The predicted molar refractivity (Wildman–Crippen MR) is 126 cm³/mol. The number of halogens is 1. The van der Waals surface area contributed by atoms with E-state index in [2.05, 4.69) is 31.6 Å². The summed E-state index contributed by atoms with van der Waals surface area (Å²) in [6.07, 6.45) is 1.46. The van der Waals surface area contributed by atoms with Crippen molar-refractivity contribution in [2.24, 2.45) is 5.10 Å². The standard InChI is InChI=1S/C23H23BrN4O5/c1-14-22(24)15(2)28(27-14)13-21(29)26-25-12-16-5-10-19(20(11-16)32-4)33-23(30)17-6-8-18(31-3)9-7-17/h5-12H,13H2,1-4H3,(H,26,29)/b25-12+. The van der Waals surface area contributed by atoms with Crippen LogP contribution in [0.15, 0.2) is 52.0 Å². The summed E-state index contributed by atoms with van der Waals surface area (Å²) < 4.78 is 18.3. The van der Waals surface area contributed by atoms with Crippen LogP contribution in [0.3, 0.4) is 0 Å². The molecule has 0 aliphatic rings. The lowest BCUT2D eigenvalue weighted by molar-refractivity contribution is -0.121. The van der Waals surface area contributed by atoms with Gasteiger partial charge in [0.2, 0.25) is 0 Å². The van der Waals surface area contributed by atoms with Gasteiger partial charge < -0.3 is 14.2 Å². The first-order chi connectivity index (χ1) is 15.8. The number of nitrogens with one attached hydrogen (secondary N) is 1. The third-order valence-corrected chi connectivity index (χ3v) is 5.85. The zero-order valence-electron chi connectivity index (χ0n) is 18.6. The zero-order valence-corrected chi connectivity index (χ0v) is 20.2. The van der Waals surface area contributed by atoms with Crippen LogP contribution in [0.4, 0.5) is 0 Å². The van der Waals surface area contributed by atoms with Crippen molar-refractivity contribution in [2.45, 2.75) is 20.4 Å². The van der Waals surface area contributed by atoms with Gasteiger partial charge in [-0.15, -0.1) is 0 Å². The Hall–Kier alpha value is -3.66. The van der Waals surface area contributed by atoms with E-state index < -0.39 is 5.97 Å². The molecule has 3 rings (SSSR count). The van der Waals surface area contributed by atoms with Gasteiger partial charge in [0, 0.05) is 0 Å². The largest absolute Gasteiger partial charge is 0.497 e. The van der Waals surface area contributed by atoms with Crippen molar-refractivity contribution < 1.29 is 23.8 Å². The van der Waals surface area contributed by atoms with Gasteiger partial charge in [0.25, 0.3) is 5.91 Å². The number of aromatic nitrogens is 2. The Labute approximate surface area is 199 Å². The molecule has 0 spiro atoms. The van der Waals surface area contributed by atoms with Crippen molar-refractivity contribution in [3.05, 3.63) is 69.5 Å². The van der Waals surface area contributed by atoms with Gasteiger partial charge in [0.05, 0.1) is 41.9 Å². The molecule has 0 atom stereocenters. The maximum Gasteiger partial charge on any atom is 0.343 e. The third kappa shape index (κ3) is 5.98. The molecule has 0 fully saturated rings. The first-order valence-electron chi connectivity index (χ1n) is 9.88. The fourth-order valence-corrected chi connectivity index (χ4v) is 3.20. The van der Waals surface area contributed by atoms with Crippen LogP contribution in [0.5, 0.6) is 17.2 Å². The number of esters is 1. The fourth-order valence-electron chi connectivity index (χ4n) is 2.91. The van der Waals surface area contributed by atoms with Gasteiger partial charge in [-0.1, -0.05) is 0 Å². The summed E-state index contributed by atoms with van der Waals surface area (Å²) in [6.45, 7) is 3.77.